The molecule has 0 bridgehead atoms. The van der Waals surface area contributed by atoms with Crippen LogP contribution in [0.3, 0.4) is 0 Å². The van der Waals surface area contributed by atoms with Gasteiger partial charge in [-0.25, -0.2) is 4.39 Å². The van der Waals surface area contributed by atoms with Crippen molar-refractivity contribution in [2.75, 3.05) is 92.6 Å². The highest BCUT2D eigenvalue weighted by Gasteiger charge is 2.02. The summed E-state index contributed by atoms with van der Waals surface area (Å²) in [5.74, 6) is -0.138. The first-order valence-electron chi connectivity index (χ1n) is 13.5. The summed E-state index contributed by atoms with van der Waals surface area (Å²) < 4.78 is 48.8. The maximum absolute atomic E-state index is 11.8. The average Bonchev–Trinajstić information content (AvgIpc) is 2.86. The van der Waals surface area contributed by atoms with Crippen molar-refractivity contribution < 1.29 is 42.3 Å². The van der Waals surface area contributed by atoms with Crippen molar-refractivity contribution in [1.82, 2.24) is 0 Å². The maximum atomic E-state index is 11.8. The number of hydrogen-bond acceptors (Lipinski definition) is 8. The fourth-order valence-corrected chi connectivity index (χ4v) is 3.12. The molecule has 0 aromatic carbocycles. The van der Waals surface area contributed by atoms with E-state index in [2.05, 4.69) is 6.92 Å². The molecule has 0 fully saturated rings. The van der Waals surface area contributed by atoms with E-state index in [-0.39, 0.29) is 19.2 Å². The lowest BCUT2D eigenvalue weighted by atomic mass is 10.1. The predicted octanol–water partition coefficient (Wildman–Crippen LogP) is 4.52. The van der Waals surface area contributed by atoms with Gasteiger partial charge in [-0.15, -0.1) is 0 Å². The van der Waals surface area contributed by atoms with Gasteiger partial charge in [0.1, 0.15) is 13.3 Å². The van der Waals surface area contributed by atoms with Crippen molar-refractivity contribution in [1.29, 1.82) is 0 Å². The van der Waals surface area contributed by atoms with E-state index < -0.39 is 6.67 Å². The third kappa shape index (κ3) is 31.1. The van der Waals surface area contributed by atoms with Crippen LogP contribution in [0.2, 0.25) is 0 Å². The number of unbranched alkanes of at least 4 members (excludes halogenated alkanes) is 8. The van der Waals surface area contributed by atoms with Crippen LogP contribution in [0.15, 0.2) is 0 Å². The zero-order valence-electron chi connectivity index (χ0n) is 22.1. The summed E-state index contributed by atoms with van der Waals surface area (Å²) >= 11 is 0. The van der Waals surface area contributed by atoms with Crippen molar-refractivity contribution in [3.8, 4) is 0 Å². The first-order chi connectivity index (χ1) is 17.3. The Morgan fingerprint density at radius 3 is 1.23 bits per heavy atom. The minimum atomic E-state index is -0.472. The van der Waals surface area contributed by atoms with E-state index in [0.717, 1.165) is 12.8 Å². The van der Waals surface area contributed by atoms with Crippen LogP contribution in [0.1, 0.15) is 71.1 Å². The lowest BCUT2D eigenvalue weighted by Crippen LogP contribution is -2.15. The molecule has 0 aliphatic carbocycles. The Balaban J connectivity index is 3.12. The molecule has 0 saturated carbocycles. The number of ether oxygens (including phenoxy) is 7. The molecule has 0 aliphatic rings. The molecule has 0 saturated heterocycles. The highest BCUT2D eigenvalue weighted by atomic mass is 19.1. The van der Waals surface area contributed by atoms with Gasteiger partial charge in [-0.1, -0.05) is 58.3 Å². The third-order valence-electron chi connectivity index (χ3n) is 5.06. The van der Waals surface area contributed by atoms with E-state index in [4.69, 9.17) is 33.2 Å². The number of hydrogen-bond donors (Lipinski definition) is 0. The number of halogens is 1. The molecule has 8 nitrogen and oxygen atoms in total. The van der Waals surface area contributed by atoms with E-state index in [1.54, 1.807) is 0 Å². The van der Waals surface area contributed by atoms with E-state index in [9.17, 15) is 9.18 Å². The molecule has 0 amide bonds. The van der Waals surface area contributed by atoms with Gasteiger partial charge in [0.05, 0.1) is 79.3 Å². The predicted molar refractivity (Wildman–Crippen MR) is 134 cm³/mol. The molecule has 0 aromatic rings. The number of esters is 1. The molecular formula is C26H51FO8. The van der Waals surface area contributed by atoms with Crippen molar-refractivity contribution >= 4 is 5.97 Å². The monoisotopic (exact) mass is 510 g/mol. The van der Waals surface area contributed by atoms with Gasteiger partial charge in [-0.2, -0.15) is 0 Å². The average molecular weight is 511 g/mol. The van der Waals surface area contributed by atoms with E-state index in [0.29, 0.717) is 79.1 Å². The second kappa shape index (κ2) is 31.2. The van der Waals surface area contributed by atoms with Crippen LogP contribution in [-0.4, -0.2) is 98.5 Å². The molecule has 0 heterocycles. The van der Waals surface area contributed by atoms with Gasteiger partial charge in [0.2, 0.25) is 0 Å². The topological polar surface area (TPSA) is 81.7 Å². The van der Waals surface area contributed by atoms with Crippen LogP contribution in [0, 0.1) is 0 Å². The van der Waals surface area contributed by atoms with Gasteiger partial charge in [0.25, 0.3) is 0 Å². The molecule has 0 aliphatic heterocycles. The molecule has 35 heavy (non-hydrogen) atoms. The van der Waals surface area contributed by atoms with Gasteiger partial charge < -0.3 is 33.2 Å². The molecule has 0 spiro atoms. The first kappa shape index (κ1) is 34.2. The molecule has 0 rings (SSSR count). The van der Waals surface area contributed by atoms with Crippen molar-refractivity contribution in [2.45, 2.75) is 71.1 Å². The van der Waals surface area contributed by atoms with Crippen LogP contribution in [0.25, 0.3) is 0 Å². The highest BCUT2D eigenvalue weighted by molar-refractivity contribution is 5.69. The number of rotatable bonds is 30. The maximum Gasteiger partial charge on any atom is 0.305 e. The summed E-state index contributed by atoms with van der Waals surface area (Å²) in [5.41, 5.74) is 0. The molecule has 0 atom stereocenters. The van der Waals surface area contributed by atoms with Gasteiger partial charge >= 0.3 is 5.97 Å². The number of carbonyl (C=O) groups excluding carboxylic acids is 1. The van der Waals surface area contributed by atoms with Crippen LogP contribution < -0.4 is 0 Å². The van der Waals surface area contributed by atoms with Crippen LogP contribution in [0.4, 0.5) is 4.39 Å². The minimum Gasteiger partial charge on any atom is -0.463 e. The lowest BCUT2D eigenvalue weighted by molar-refractivity contribution is -0.145. The summed E-state index contributed by atoms with van der Waals surface area (Å²) in [4.78, 5) is 11.7. The Labute approximate surface area is 212 Å². The Kier molecular flexibility index (Phi) is 30.4. The van der Waals surface area contributed by atoms with E-state index >= 15 is 0 Å². The van der Waals surface area contributed by atoms with Crippen molar-refractivity contribution in [2.24, 2.45) is 0 Å². The summed E-state index contributed by atoms with van der Waals surface area (Å²) in [5, 5.41) is 0. The second-order valence-electron chi connectivity index (χ2n) is 8.16. The SMILES string of the molecule is CCCCCCCCCCCC(=O)OCCOCCOCCOCCOCCOCCOCCF. The normalized spacial score (nSPS) is 11.3. The Hall–Kier alpha value is -0.840. The van der Waals surface area contributed by atoms with Crippen LogP contribution in [0.5, 0.6) is 0 Å². The van der Waals surface area contributed by atoms with Crippen LogP contribution in [-0.2, 0) is 38.0 Å². The third-order valence-corrected chi connectivity index (χ3v) is 5.06. The molecule has 0 radical (unpaired) electrons. The molecule has 0 aromatic heterocycles. The summed E-state index contributed by atoms with van der Waals surface area (Å²) in [6, 6.07) is 0. The zero-order valence-corrected chi connectivity index (χ0v) is 22.1. The smallest absolute Gasteiger partial charge is 0.305 e. The largest absolute Gasteiger partial charge is 0.463 e. The summed E-state index contributed by atoms with van der Waals surface area (Å²) in [6.45, 7) is 7.21. The number of carbonyl (C=O) groups is 1. The van der Waals surface area contributed by atoms with Gasteiger partial charge in [-0.3, -0.25) is 4.79 Å². The molecule has 0 unspecified atom stereocenters. The van der Waals surface area contributed by atoms with Gasteiger partial charge in [0, 0.05) is 6.42 Å². The lowest BCUT2D eigenvalue weighted by Gasteiger charge is -2.08. The van der Waals surface area contributed by atoms with E-state index in [1.165, 1.54) is 44.9 Å². The highest BCUT2D eigenvalue weighted by Crippen LogP contribution is 2.10. The van der Waals surface area contributed by atoms with Gasteiger partial charge in [-0.05, 0) is 6.42 Å². The Morgan fingerprint density at radius 1 is 0.486 bits per heavy atom. The fraction of sp³-hybridized carbons (Fsp3) is 0.962. The van der Waals surface area contributed by atoms with Gasteiger partial charge in [0.15, 0.2) is 0 Å². The molecule has 210 valence electrons. The Bertz CT molecular complexity index is 415. The first-order valence-corrected chi connectivity index (χ1v) is 13.5. The molecule has 0 N–H and O–H groups in total. The molecular weight excluding hydrogens is 459 g/mol. The number of alkyl halides is 1. The van der Waals surface area contributed by atoms with E-state index in [1.807, 2.05) is 0 Å². The minimum absolute atomic E-state index is 0.116. The standard InChI is InChI=1S/C26H51FO8/c1-2-3-4-5-6-7-8-9-10-11-26(28)35-25-24-34-23-22-33-21-20-32-19-18-31-17-16-30-15-14-29-13-12-27/h2-25H2,1H3. The summed E-state index contributed by atoms with van der Waals surface area (Å²) in [6.07, 6.45) is 11.6. The fourth-order valence-electron chi connectivity index (χ4n) is 3.12. The molecule has 9 heteroatoms. The summed E-state index contributed by atoms with van der Waals surface area (Å²) in [7, 11) is 0. The van der Waals surface area contributed by atoms with Crippen molar-refractivity contribution in [3.63, 3.8) is 0 Å². The van der Waals surface area contributed by atoms with Crippen LogP contribution >= 0.6 is 0 Å². The van der Waals surface area contributed by atoms with Crippen molar-refractivity contribution in [3.05, 3.63) is 0 Å². The Morgan fingerprint density at radius 2 is 0.829 bits per heavy atom. The zero-order chi connectivity index (χ0) is 25.5. The quantitative estimate of drug-likeness (QED) is 0.103. The second-order valence-corrected chi connectivity index (χ2v) is 8.16.